The number of hydrazine groups is 1. The summed E-state index contributed by atoms with van der Waals surface area (Å²) in [4.78, 5) is 25.6. The fraction of sp³-hybridized carbons (Fsp3) is 0.333. The number of hydrogen-bond acceptors (Lipinski definition) is 4. The Balaban J connectivity index is 1.94. The standard InChI is InChI=1S/C21H24N2O3/c1-5-21(16(3)24)19(26-18-9-7-6-8-10-18)20(25)23(21)22(4)17-13-11-15(2)12-14-17/h6-14,19H,5H2,1-4H3/t19-,21-/m0/s1. The van der Waals surface area contributed by atoms with Crippen LogP contribution in [-0.2, 0) is 9.59 Å². The number of amides is 1. The van der Waals surface area contributed by atoms with Crippen LogP contribution in [0.5, 0.6) is 5.75 Å². The average Bonchev–Trinajstić information content (AvgIpc) is 2.64. The number of nitrogens with zero attached hydrogens (tertiary/aromatic N) is 2. The molecule has 2 atom stereocenters. The van der Waals surface area contributed by atoms with Crippen molar-refractivity contribution >= 4 is 17.4 Å². The van der Waals surface area contributed by atoms with Crippen molar-refractivity contribution in [2.24, 2.45) is 0 Å². The lowest BCUT2D eigenvalue weighted by molar-refractivity contribution is -0.187. The first-order chi connectivity index (χ1) is 12.4. The highest BCUT2D eigenvalue weighted by atomic mass is 16.5. The van der Waals surface area contributed by atoms with Crippen LogP contribution in [0.15, 0.2) is 54.6 Å². The predicted molar refractivity (Wildman–Crippen MR) is 101 cm³/mol. The van der Waals surface area contributed by atoms with Crippen LogP contribution >= 0.6 is 0 Å². The topological polar surface area (TPSA) is 49.9 Å². The van der Waals surface area contributed by atoms with Crippen molar-refractivity contribution in [2.75, 3.05) is 12.1 Å². The van der Waals surface area contributed by atoms with Crippen LogP contribution in [0.25, 0.3) is 0 Å². The molecule has 0 saturated carbocycles. The largest absolute Gasteiger partial charge is 0.477 e. The molecule has 2 aromatic carbocycles. The molecule has 5 nitrogen and oxygen atoms in total. The lowest BCUT2D eigenvalue weighted by Gasteiger charge is -2.57. The van der Waals surface area contributed by atoms with Gasteiger partial charge in [-0.2, -0.15) is 0 Å². The number of β-lactam (4-membered cyclic amide) rings is 1. The Bertz CT molecular complexity index is 804. The van der Waals surface area contributed by atoms with Crippen molar-refractivity contribution < 1.29 is 14.3 Å². The Morgan fingerprint density at radius 2 is 1.77 bits per heavy atom. The van der Waals surface area contributed by atoms with E-state index in [0.717, 1.165) is 11.3 Å². The number of rotatable bonds is 6. The minimum absolute atomic E-state index is 0.0838. The minimum Gasteiger partial charge on any atom is -0.477 e. The van der Waals surface area contributed by atoms with E-state index in [1.54, 1.807) is 24.2 Å². The summed E-state index contributed by atoms with van der Waals surface area (Å²) in [5.74, 6) is 0.288. The van der Waals surface area contributed by atoms with Crippen molar-refractivity contribution in [3.05, 3.63) is 60.2 Å². The van der Waals surface area contributed by atoms with Gasteiger partial charge in [-0.3, -0.25) is 14.6 Å². The minimum atomic E-state index is -1.01. The highest BCUT2D eigenvalue weighted by Gasteiger charge is 2.66. The monoisotopic (exact) mass is 352 g/mol. The Kier molecular flexibility index (Phi) is 4.72. The molecule has 1 aliphatic heterocycles. The summed E-state index contributed by atoms with van der Waals surface area (Å²) in [6, 6.07) is 17.0. The lowest BCUT2D eigenvalue weighted by atomic mass is 9.76. The van der Waals surface area contributed by atoms with Gasteiger partial charge >= 0.3 is 0 Å². The van der Waals surface area contributed by atoms with E-state index in [1.807, 2.05) is 56.3 Å². The van der Waals surface area contributed by atoms with Gasteiger partial charge in [0.05, 0.1) is 5.69 Å². The number of hydrogen-bond donors (Lipinski definition) is 0. The van der Waals surface area contributed by atoms with Crippen molar-refractivity contribution in [3.8, 4) is 5.75 Å². The molecule has 1 fully saturated rings. The van der Waals surface area contributed by atoms with Gasteiger partial charge in [-0.15, -0.1) is 0 Å². The van der Waals surface area contributed by atoms with Gasteiger partial charge < -0.3 is 4.74 Å². The summed E-state index contributed by atoms with van der Waals surface area (Å²) >= 11 is 0. The van der Waals surface area contributed by atoms with Gasteiger partial charge in [0, 0.05) is 7.05 Å². The molecule has 1 heterocycles. The van der Waals surface area contributed by atoms with Gasteiger partial charge in [-0.05, 0) is 44.5 Å². The second-order valence-corrected chi connectivity index (χ2v) is 6.65. The summed E-state index contributed by atoms with van der Waals surface area (Å²) in [5, 5.41) is 3.28. The van der Waals surface area contributed by atoms with E-state index in [2.05, 4.69) is 0 Å². The van der Waals surface area contributed by atoms with Crippen molar-refractivity contribution in [2.45, 2.75) is 38.8 Å². The molecule has 0 N–H and O–H groups in total. The van der Waals surface area contributed by atoms with Gasteiger partial charge in [0.2, 0.25) is 6.10 Å². The Hall–Kier alpha value is -2.82. The maximum absolute atomic E-state index is 12.9. The molecule has 26 heavy (non-hydrogen) atoms. The molecule has 0 unspecified atom stereocenters. The molecular formula is C21H24N2O3. The average molecular weight is 352 g/mol. The first-order valence-electron chi connectivity index (χ1n) is 8.79. The number of Topliss-reactive ketones (excluding diaryl/α,β-unsaturated/α-hetero) is 1. The quantitative estimate of drug-likeness (QED) is 0.748. The molecular weight excluding hydrogens is 328 g/mol. The normalized spacial score (nSPS) is 21.9. The number of carbonyl (C=O) groups is 2. The van der Waals surface area contributed by atoms with E-state index in [-0.39, 0.29) is 11.7 Å². The van der Waals surface area contributed by atoms with Crippen LogP contribution in [0.2, 0.25) is 0 Å². The van der Waals surface area contributed by atoms with E-state index in [4.69, 9.17) is 4.74 Å². The number of benzene rings is 2. The van der Waals surface area contributed by atoms with Crippen molar-refractivity contribution in [1.82, 2.24) is 5.01 Å². The van der Waals surface area contributed by atoms with E-state index in [0.29, 0.717) is 12.2 Å². The molecule has 0 aromatic heterocycles. The summed E-state index contributed by atoms with van der Waals surface area (Å²) in [7, 11) is 1.80. The molecule has 136 valence electrons. The van der Waals surface area contributed by atoms with Gasteiger partial charge in [-0.1, -0.05) is 42.8 Å². The second-order valence-electron chi connectivity index (χ2n) is 6.65. The zero-order chi connectivity index (χ0) is 18.9. The molecule has 0 spiro atoms. The number of para-hydroxylation sites is 1. The molecule has 1 amide bonds. The molecule has 0 aliphatic carbocycles. The van der Waals surface area contributed by atoms with Crippen LogP contribution in [0.4, 0.5) is 5.69 Å². The first-order valence-corrected chi connectivity index (χ1v) is 8.79. The summed E-state index contributed by atoms with van der Waals surface area (Å²) in [6.07, 6.45) is -0.345. The van der Waals surface area contributed by atoms with Crippen molar-refractivity contribution in [1.29, 1.82) is 0 Å². The highest BCUT2D eigenvalue weighted by molar-refractivity contribution is 6.05. The molecule has 5 heteroatoms. The third-order valence-electron chi connectivity index (χ3n) is 5.10. The fourth-order valence-corrected chi connectivity index (χ4v) is 3.55. The van der Waals surface area contributed by atoms with E-state index in [9.17, 15) is 9.59 Å². The molecule has 0 bridgehead atoms. The maximum Gasteiger partial charge on any atom is 0.286 e. The number of aryl methyl sites for hydroxylation is 1. The van der Waals surface area contributed by atoms with E-state index >= 15 is 0 Å². The number of ether oxygens (including phenoxy) is 1. The fourth-order valence-electron chi connectivity index (χ4n) is 3.55. The maximum atomic E-state index is 12.9. The first kappa shape index (κ1) is 18.0. The van der Waals surface area contributed by atoms with Gasteiger partial charge in [0.25, 0.3) is 5.91 Å². The third kappa shape index (κ3) is 2.73. The zero-order valence-electron chi connectivity index (χ0n) is 15.6. The van der Waals surface area contributed by atoms with Crippen LogP contribution in [0.1, 0.15) is 25.8 Å². The second kappa shape index (κ2) is 6.83. The lowest BCUT2D eigenvalue weighted by Crippen LogP contribution is -2.82. The van der Waals surface area contributed by atoms with Crippen LogP contribution in [0.3, 0.4) is 0 Å². The Morgan fingerprint density at radius 1 is 1.15 bits per heavy atom. The smallest absolute Gasteiger partial charge is 0.286 e. The summed E-state index contributed by atoms with van der Waals surface area (Å²) in [5.41, 5.74) is 0.976. The Morgan fingerprint density at radius 3 is 2.31 bits per heavy atom. The van der Waals surface area contributed by atoms with Crippen LogP contribution in [-0.4, -0.2) is 35.4 Å². The molecule has 1 aliphatic rings. The Labute approximate surface area is 154 Å². The van der Waals surface area contributed by atoms with Crippen LogP contribution < -0.4 is 9.75 Å². The molecule has 3 rings (SSSR count). The molecule has 2 aromatic rings. The van der Waals surface area contributed by atoms with Gasteiger partial charge in [0.1, 0.15) is 5.75 Å². The van der Waals surface area contributed by atoms with E-state index in [1.165, 1.54) is 11.9 Å². The van der Waals surface area contributed by atoms with Gasteiger partial charge in [0.15, 0.2) is 11.3 Å². The number of anilines is 1. The SMILES string of the molecule is CC[C@]1(C(C)=O)[C@@H](Oc2ccccc2)C(=O)N1N(C)c1ccc(C)cc1. The summed E-state index contributed by atoms with van der Waals surface area (Å²) in [6.45, 7) is 5.44. The molecule has 1 saturated heterocycles. The number of ketones is 1. The highest BCUT2D eigenvalue weighted by Crippen LogP contribution is 2.41. The molecule has 0 radical (unpaired) electrons. The van der Waals surface area contributed by atoms with Crippen molar-refractivity contribution in [3.63, 3.8) is 0 Å². The zero-order valence-corrected chi connectivity index (χ0v) is 15.6. The third-order valence-corrected chi connectivity index (χ3v) is 5.10. The van der Waals surface area contributed by atoms with Gasteiger partial charge in [-0.25, -0.2) is 5.01 Å². The van der Waals surface area contributed by atoms with Crippen LogP contribution in [0, 0.1) is 6.92 Å². The number of carbonyl (C=O) groups excluding carboxylic acids is 2. The summed E-state index contributed by atoms with van der Waals surface area (Å²) < 4.78 is 5.93. The predicted octanol–water partition coefficient (Wildman–Crippen LogP) is 3.37. The van der Waals surface area contributed by atoms with E-state index < -0.39 is 11.6 Å².